The topological polar surface area (TPSA) is 29.5 Å². The Bertz CT molecular complexity index is 530. The molecule has 0 amide bonds. The average molecular weight is 354 g/mol. The first-order valence-corrected chi connectivity index (χ1v) is 9.48. The standard InChI is InChI=1S/C21H32F2O2/c1-5-18(19(22)23)21(24,15-9-7-6-8-10-15)16-11-13-17(14-12-16)25-20(2,3)4/h11-15,18-19,24H,5-10H2,1-4H3. The van der Waals surface area contributed by atoms with Crippen LogP contribution >= 0.6 is 0 Å². The molecule has 1 aliphatic rings. The van der Waals surface area contributed by atoms with Crippen molar-refractivity contribution in [2.45, 2.75) is 83.8 Å². The molecular formula is C21H32F2O2. The zero-order chi connectivity index (χ0) is 18.7. The highest BCUT2D eigenvalue weighted by Crippen LogP contribution is 2.47. The van der Waals surface area contributed by atoms with Crippen molar-refractivity contribution in [2.24, 2.45) is 11.8 Å². The summed E-state index contributed by atoms with van der Waals surface area (Å²) < 4.78 is 33.3. The van der Waals surface area contributed by atoms with Gasteiger partial charge in [-0.05, 0) is 63.6 Å². The van der Waals surface area contributed by atoms with Crippen molar-refractivity contribution in [2.75, 3.05) is 0 Å². The van der Waals surface area contributed by atoms with E-state index >= 15 is 0 Å². The van der Waals surface area contributed by atoms with Crippen LogP contribution in [0.25, 0.3) is 0 Å². The molecule has 2 unspecified atom stereocenters. The van der Waals surface area contributed by atoms with Gasteiger partial charge in [0.2, 0.25) is 6.43 Å². The first-order chi connectivity index (χ1) is 11.7. The Hall–Kier alpha value is -1.16. The molecule has 1 aromatic carbocycles. The summed E-state index contributed by atoms with van der Waals surface area (Å²) in [5, 5.41) is 11.5. The van der Waals surface area contributed by atoms with Crippen molar-refractivity contribution < 1.29 is 18.6 Å². The van der Waals surface area contributed by atoms with Crippen LogP contribution in [0, 0.1) is 11.8 Å². The molecule has 2 atom stereocenters. The number of ether oxygens (including phenoxy) is 1. The highest BCUT2D eigenvalue weighted by Gasteiger charge is 2.48. The van der Waals surface area contributed by atoms with Gasteiger partial charge in [-0.3, -0.25) is 0 Å². The normalized spacial score (nSPS) is 20.3. The molecule has 0 spiro atoms. The molecule has 25 heavy (non-hydrogen) atoms. The van der Waals surface area contributed by atoms with E-state index in [1.165, 1.54) is 0 Å². The molecule has 0 aromatic heterocycles. The van der Waals surface area contributed by atoms with Crippen LogP contribution in [0.15, 0.2) is 24.3 Å². The lowest BCUT2D eigenvalue weighted by molar-refractivity contribution is -0.136. The highest BCUT2D eigenvalue weighted by atomic mass is 19.3. The lowest BCUT2D eigenvalue weighted by Gasteiger charge is -2.44. The van der Waals surface area contributed by atoms with Gasteiger partial charge in [0.05, 0.1) is 5.92 Å². The third-order valence-corrected chi connectivity index (χ3v) is 5.28. The van der Waals surface area contributed by atoms with Gasteiger partial charge in [-0.15, -0.1) is 0 Å². The Morgan fingerprint density at radius 3 is 2.08 bits per heavy atom. The third kappa shape index (κ3) is 4.72. The molecular weight excluding hydrogens is 322 g/mol. The van der Waals surface area contributed by atoms with E-state index in [4.69, 9.17) is 4.74 Å². The fourth-order valence-electron chi connectivity index (χ4n) is 4.12. The number of hydrogen-bond donors (Lipinski definition) is 1. The SMILES string of the molecule is CCC(C(F)F)C(O)(c1ccc(OC(C)(C)C)cc1)C1CCCCC1. The predicted octanol–water partition coefficient (Wildman–Crippen LogP) is 5.92. The summed E-state index contributed by atoms with van der Waals surface area (Å²) in [4.78, 5) is 0. The molecule has 142 valence electrons. The minimum atomic E-state index is -2.54. The maximum Gasteiger partial charge on any atom is 0.244 e. The summed E-state index contributed by atoms with van der Waals surface area (Å²) in [5.74, 6) is -0.480. The number of benzene rings is 1. The molecule has 2 rings (SSSR count). The summed E-state index contributed by atoms with van der Waals surface area (Å²) in [5.41, 5.74) is -1.22. The van der Waals surface area contributed by atoms with Crippen LogP contribution in [-0.4, -0.2) is 17.1 Å². The van der Waals surface area contributed by atoms with E-state index < -0.39 is 17.9 Å². The molecule has 2 nitrogen and oxygen atoms in total. The van der Waals surface area contributed by atoms with Crippen LogP contribution in [0.3, 0.4) is 0 Å². The van der Waals surface area contributed by atoms with Gasteiger partial charge in [-0.25, -0.2) is 8.78 Å². The van der Waals surface area contributed by atoms with Gasteiger partial charge in [0.25, 0.3) is 0 Å². The fourth-order valence-corrected chi connectivity index (χ4v) is 4.12. The van der Waals surface area contributed by atoms with E-state index in [1.807, 2.05) is 20.8 Å². The quantitative estimate of drug-likeness (QED) is 0.687. The van der Waals surface area contributed by atoms with Gasteiger partial charge in [0.15, 0.2) is 0 Å². The molecule has 0 radical (unpaired) electrons. The second-order valence-electron chi connectivity index (χ2n) is 8.25. The van der Waals surface area contributed by atoms with Crippen molar-refractivity contribution in [1.29, 1.82) is 0 Å². The molecule has 0 aliphatic heterocycles. The number of rotatable bonds is 6. The maximum absolute atomic E-state index is 13.8. The Labute approximate surface area is 150 Å². The Kier molecular flexibility index (Phi) is 6.47. The Morgan fingerprint density at radius 1 is 1.08 bits per heavy atom. The number of halogens is 2. The molecule has 1 aromatic rings. The van der Waals surface area contributed by atoms with Crippen molar-refractivity contribution >= 4 is 0 Å². The summed E-state index contributed by atoms with van der Waals surface area (Å²) in [7, 11) is 0. The van der Waals surface area contributed by atoms with E-state index in [-0.39, 0.29) is 17.9 Å². The fraction of sp³-hybridized carbons (Fsp3) is 0.714. The van der Waals surface area contributed by atoms with Crippen molar-refractivity contribution in [3.05, 3.63) is 29.8 Å². The molecule has 1 saturated carbocycles. The minimum Gasteiger partial charge on any atom is -0.488 e. The second kappa shape index (κ2) is 8.03. The van der Waals surface area contributed by atoms with Crippen LogP contribution < -0.4 is 4.74 Å². The summed E-state index contributed by atoms with van der Waals surface area (Å²) in [6.07, 6.45) is 2.44. The number of hydrogen-bond acceptors (Lipinski definition) is 2. The van der Waals surface area contributed by atoms with Crippen molar-refractivity contribution in [1.82, 2.24) is 0 Å². The van der Waals surface area contributed by atoms with E-state index in [9.17, 15) is 13.9 Å². The average Bonchev–Trinajstić information content (AvgIpc) is 2.55. The first kappa shape index (κ1) is 20.2. The van der Waals surface area contributed by atoms with E-state index in [1.54, 1.807) is 31.2 Å². The zero-order valence-corrected chi connectivity index (χ0v) is 15.9. The van der Waals surface area contributed by atoms with Gasteiger partial charge in [0.1, 0.15) is 17.0 Å². The van der Waals surface area contributed by atoms with Crippen LogP contribution in [0.4, 0.5) is 8.78 Å². The van der Waals surface area contributed by atoms with E-state index in [0.717, 1.165) is 32.1 Å². The summed E-state index contributed by atoms with van der Waals surface area (Å²) >= 11 is 0. The summed E-state index contributed by atoms with van der Waals surface area (Å²) in [6, 6.07) is 7.10. The third-order valence-electron chi connectivity index (χ3n) is 5.28. The molecule has 4 heteroatoms. The van der Waals surface area contributed by atoms with Crippen LogP contribution in [0.2, 0.25) is 0 Å². The van der Waals surface area contributed by atoms with Gasteiger partial charge >= 0.3 is 0 Å². The monoisotopic (exact) mass is 354 g/mol. The molecule has 1 N–H and O–H groups in total. The molecule has 0 heterocycles. The smallest absolute Gasteiger partial charge is 0.244 e. The second-order valence-corrected chi connectivity index (χ2v) is 8.25. The first-order valence-electron chi connectivity index (χ1n) is 9.48. The van der Waals surface area contributed by atoms with Crippen LogP contribution in [0.1, 0.15) is 71.8 Å². The van der Waals surface area contributed by atoms with Crippen molar-refractivity contribution in [3.63, 3.8) is 0 Å². The van der Waals surface area contributed by atoms with Gasteiger partial charge in [-0.1, -0.05) is 38.3 Å². The molecule has 0 bridgehead atoms. The lowest BCUT2D eigenvalue weighted by atomic mass is 9.66. The Morgan fingerprint density at radius 2 is 1.64 bits per heavy atom. The summed E-state index contributed by atoms with van der Waals surface area (Å²) in [6.45, 7) is 7.62. The lowest BCUT2D eigenvalue weighted by Crippen LogP contribution is -2.46. The van der Waals surface area contributed by atoms with Gasteiger partial charge < -0.3 is 9.84 Å². The van der Waals surface area contributed by atoms with Gasteiger partial charge in [0, 0.05) is 0 Å². The van der Waals surface area contributed by atoms with Crippen LogP contribution in [-0.2, 0) is 5.60 Å². The van der Waals surface area contributed by atoms with E-state index in [2.05, 4.69) is 0 Å². The van der Waals surface area contributed by atoms with Crippen LogP contribution in [0.5, 0.6) is 5.75 Å². The zero-order valence-electron chi connectivity index (χ0n) is 15.9. The Balaban J connectivity index is 2.37. The largest absolute Gasteiger partial charge is 0.488 e. The van der Waals surface area contributed by atoms with E-state index in [0.29, 0.717) is 11.3 Å². The minimum absolute atomic E-state index is 0.116. The maximum atomic E-state index is 13.8. The number of aliphatic hydroxyl groups is 1. The predicted molar refractivity (Wildman–Crippen MR) is 97.1 cm³/mol. The molecule has 1 fully saturated rings. The van der Waals surface area contributed by atoms with Gasteiger partial charge in [-0.2, -0.15) is 0 Å². The molecule has 0 saturated heterocycles. The highest BCUT2D eigenvalue weighted by molar-refractivity contribution is 5.32. The van der Waals surface area contributed by atoms with Crippen molar-refractivity contribution in [3.8, 4) is 5.75 Å². The molecule has 1 aliphatic carbocycles. The number of alkyl halides is 2.